The van der Waals surface area contributed by atoms with Gasteiger partial charge in [-0.15, -0.1) is 0 Å². The first kappa shape index (κ1) is 16.7. The number of carbonyl (C=O) groups excluding carboxylic acids is 2. The average Bonchev–Trinajstić information content (AvgIpc) is 2.93. The fourth-order valence-electron chi connectivity index (χ4n) is 2.12. The highest BCUT2D eigenvalue weighted by Crippen LogP contribution is 2.18. The first-order valence-electron chi connectivity index (χ1n) is 7.44. The third-order valence-electron chi connectivity index (χ3n) is 3.11. The normalized spacial score (nSPS) is 12.0. The second-order valence-corrected chi connectivity index (χ2v) is 5.50. The molecule has 122 valence electrons. The largest absolute Gasteiger partial charge is 0.463 e. The summed E-state index contributed by atoms with van der Waals surface area (Å²) in [6, 6.07) is 10.3. The Morgan fingerprint density at radius 1 is 1.26 bits per heavy atom. The van der Waals surface area contributed by atoms with Gasteiger partial charge < -0.3 is 14.6 Å². The van der Waals surface area contributed by atoms with Crippen LogP contribution < -0.4 is 5.32 Å². The van der Waals surface area contributed by atoms with Gasteiger partial charge in [-0.3, -0.25) is 9.59 Å². The number of aryl methyl sites for hydroxylation is 1. The number of rotatable bonds is 6. The van der Waals surface area contributed by atoms with Gasteiger partial charge in [-0.2, -0.15) is 0 Å². The van der Waals surface area contributed by atoms with E-state index in [1.807, 2.05) is 30.3 Å². The van der Waals surface area contributed by atoms with Crippen LogP contribution in [0.15, 0.2) is 40.9 Å². The predicted octanol–water partition coefficient (Wildman–Crippen LogP) is 2.80. The van der Waals surface area contributed by atoms with Crippen molar-refractivity contribution in [1.82, 2.24) is 10.5 Å². The lowest BCUT2D eigenvalue weighted by molar-refractivity contribution is -0.147. The molecule has 0 aliphatic carbocycles. The summed E-state index contributed by atoms with van der Waals surface area (Å²) in [6.07, 6.45) is -0.155. The van der Waals surface area contributed by atoms with Crippen LogP contribution in [-0.4, -0.2) is 23.1 Å². The molecular weight excluding hydrogens is 296 g/mol. The van der Waals surface area contributed by atoms with Crippen molar-refractivity contribution >= 4 is 11.9 Å². The van der Waals surface area contributed by atoms with Crippen molar-refractivity contribution in [2.45, 2.75) is 39.3 Å². The van der Waals surface area contributed by atoms with Crippen molar-refractivity contribution in [2.24, 2.45) is 0 Å². The topological polar surface area (TPSA) is 81.4 Å². The van der Waals surface area contributed by atoms with Gasteiger partial charge in [0.2, 0.25) is 0 Å². The lowest BCUT2D eigenvalue weighted by Crippen LogP contribution is -2.31. The zero-order chi connectivity index (χ0) is 16.8. The van der Waals surface area contributed by atoms with E-state index in [0.717, 1.165) is 5.56 Å². The summed E-state index contributed by atoms with van der Waals surface area (Å²) >= 11 is 0. The van der Waals surface area contributed by atoms with Crippen LogP contribution in [-0.2, 0) is 9.53 Å². The SMILES string of the molecule is Cc1cc(C(=O)NC(CC(=O)OC(C)C)c2ccccc2)no1. The van der Waals surface area contributed by atoms with Crippen molar-refractivity contribution in [3.8, 4) is 0 Å². The molecule has 2 aromatic rings. The number of nitrogens with zero attached hydrogens (tertiary/aromatic N) is 1. The number of hydrogen-bond acceptors (Lipinski definition) is 5. The number of aromatic nitrogens is 1. The van der Waals surface area contributed by atoms with Crippen molar-refractivity contribution < 1.29 is 18.8 Å². The van der Waals surface area contributed by atoms with E-state index in [0.29, 0.717) is 5.76 Å². The molecule has 0 saturated heterocycles. The maximum atomic E-state index is 12.3. The van der Waals surface area contributed by atoms with E-state index in [4.69, 9.17) is 9.26 Å². The molecule has 1 heterocycles. The van der Waals surface area contributed by atoms with Gasteiger partial charge >= 0.3 is 5.97 Å². The summed E-state index contributed by atoms with van der Waals surface area (Å²) < 4.78 is 10.1. The molecule has 23 heavy (non-hydrogen) atoms. The zero-order valence-corrected chi connectivity index (χ0v) is 13.4. The monoisotopic (exact) mass is 316 g/mol. The van der Waals surface area contributed by atoms with E-state index in [1.165, 1.54) is 0 Å². The van der Waals surface area contributed by atoms with E-state index in [2.05, 4.69) is 10.5 Å². The van der Waals surface area contributed by atoms with Crippen LogP contribution in [0.5, 0.6) is 0 Å². The minimum atomic E-state index is -0.494. The molecule has 1 atom stereocenters. The van der Waals surface area contributed by atoms with Crippen LogP contribution >= 0.6 is 0 Å². The highest BCUT2D eigenvalue weighted by atomic mass is 16.5. The zero-order valence-electron chi connectivity index (χ0n) is 13.4. The maximum Gasteiger partial charge on any atom is 0.308 e. The van der Waals surface area contributed by atoms with E-state index in [-0.39, 0.29) is 24.2 Å². The fraction of sp³-hybridized carbons (Fsp3) is 0.353. The van der Waals surface area contributed by atoms with Crippen LogP contribution in [0, 0.1) is 6.92 Å². The molecule has 6 nitrogen and oxygen atoms in total. The van der Waals surface area contributed by atoms with Gasteiger partial charge in [0, 0.05) is 6.07 Å². The molecule has 1 amide bonds. The number of ether oxygens (including phenoxy) is 1. The Hall–Kier alpha value is -2.63. The van der Waals surface area contributed by atoms with Crippen LogP contribution in [0.2, 0.25) is 0 Å². The lowest BCUT2D eigenvalue weighted by atomic mass is 10.0. The number of amides is 1. The summed E-state index contributed by atoms with van der Waals surface area (Å²) in [5, 5.41) is 6.49. The molecule has 1 N–H and O–H groups in total. The maximum absolute atomic E-state index is 12.3. The molecule has 6 heteroatoms. The highest BCUT2D eigenvalue weighted by molar-refractivity contribution is 5.92. The summed E-state index contributed by atoms with van der Waals surface area (Å²) in [7, 11) is 0. The van der Waals surface area contributed by atoms with Crippen LogP contribution in [0.1, 0.15) is 48.1 Å². The molecule has 0 saturated carbocycles. The number of nitrogens with one attached hydrogen (secondary N) is 1. The Kier molecular flexibility index (Phi) is 5.51. The Labute approximate surface area is 134 Å². The Balaban J connectivity index is 2.13. The number of hydrogen-bond donors (Lipinski definition) is 1. The predicted molar refractivity (Wildman–Crippen MR) is 83.7 cm³/mol. The average molecular weight is 316 g/mol. The van der Waals surface area contributed by atoms with Crippen molar-refractivity contribution in [3.63, 3.8) is 0 Å². The van der Waals surface area contributed by atoms with Crippen LogP contribution in [0.25, 0.3) is 0 Å². The molecule has 0 aliphatic rings. The van der Waals surface area contributed by atoms with E-state index < -0.39 is 11.9 Å². The Morgan fingerprint density at radius 3 is 2.52 bits per heavy atom. The summed E-state index contributed by atoms with van der Waals surface area (Å²) in [5.41, 5.74) is 1.00. The van der Waals surface area contributed by atoms with Gasteiger partial charge in [-0.05, 0) is 26.3 Å². The molecule has 2 rings (SSSR count). The molecule has 0 fully saturated rings. The Morgan fingerprint density at radius 2 is 1.96 bits per heavy atom. The summed E-state index contributed by atoms with van der Waals surface area (Å²) in [5.74, 6) is -0.218. The number of carbonyl (C=O) groups is 2. The van der Waals surface area contributed by atoms with Crippen LogP contribution in [0.4, 0.5) is 0 Å². The van der Waals surface area contributed by atoms with Gasteiger partial charge in [0.1, 0.15) is 5.76 Å². The number of esters is 1. The van der Waals surface area contributed by atoms with E-state index in [9.17, 15) is 9.59 Å². The van der Waals surface area contributed by atoms with Gasteiger partial charge in [-0.1, -0.05) is 35.5 Å². The Bertz CT molecular complexity index is 664. The van der Waals surface area contributed by atoms with Gasteiger partial charge in [0.05, 0.1) is 18.6 Å². The third kappa shape index (κ3) is 4.95. The molecule has 1 aromatic carbocycles. The van der Waals surface area contributed by atoms with Crippen molar-refractivity contribution in [1.29, 1.82) is 0 Å². The summed E-state index contributed by atoms with van der Waals surface area (Å²) in [6.45, 7) is 5.27. The first-order valence-corrected chi connectivity index (χ1v) is 7.44. The molecule has 0 bridgehead atoms. The van der Waals surface area contributed by atoms with Gasteiger partial charge in [0.25, 0.3) is 5.91 Å². The molecular formula is C17H20N2O4. The quantitative estimate of drug-likeness (QED) is 0.829. The molecule has 0 spiro atoms. The lowest BCUT2D eigenvalue weighted by Gasteiger charge is -2.18. The molecule has 0 radical (unpaired) electrons. The molecule has 0 aliphatic heterocycles. The van der Waals surface area contributed by atoms with E-state index in [1.54, 1.807) is 26.8 Å². The summed E-state index contributed by atoms with van der Waals surface area (Å²) in [4.78, 5) is 24.2. The smallest absolute Gasteiger partial charge is 0.308 e. The standard InChI is InChI=1S/C17H20N2O4/c1-11(2)22-16(20)10-14(13-7-5-4-6-8-13)18-17(21)15-9-12(3)23-19-15/h4-9,11,14H,10H2,1-3H3,(H,18,21). The van der Waals surface area contributed by atoms with E-state index >= 15 is 0 Å². The van der Waals surface area contributed by atoms with Gasteiger partial charge in [0.15, 0.2) is 5.69 Å². The van der Waals surface area contributed by atoms with Crippen LogP contribution in [0.3, 0.4) is 0 Å². The third-order valence-corrected chi connectivity index (χ3v) is 3.11. The highest BCUT2D eigenvalue weighted by Gasteiger charge is 2.22. The minimum absolute atomic E-state index is 0.0464. The minimum Gasteiger partial charge on any atom is -0.463 e. The first-order chi connectivity index (χ1) is 11.0. The van der Waals surface area contributed by atoms with Gasteiger partial charge in [-0.25, -0.2) is 0 Å². The second kappa shape index (κ2) is 7.58. The van der Waals surface area contributed by atoms with Crippen molar-refractivity contribution in [3.05, 3.63) is 53.4 Å². The fourth-order valence-corrected chi connectivity index (χ4v) is 2.12. The van der Waals surface area contributed by atoms with Crippen molar-refractivity contribution in [2.75, 3.05) is 0 Å². The second-order valence-electron chi connectivity index (χ2n) is 5.50. The molecule has 1 unspecified atom stereocenters. The number of benzene rings is 1. The molecule has 1 aromatic heterocycles.